The first kappa shape index (κ1) is 31.5. The van der Waals surface area contributed by atoms with Gasteiger partial charge < -0.3 is 18.6 Å². The summed E-state index contributed by atoms with van der Waals surface area (Å²) in [5.74, 6) is 0.454. The lowest BCUT2D eigenvalue weighted by Gasteiger charge is -2.31. The Balaban J connectivity index is 1.09. The fourth-order valence-corrected chi connectivity index (χ4v) is 8.65. The van der Waals surface area contributed by atoms with Crippen molar-refractivity contribution in [2.24, 2.45) is 0 Å². The van der Waals surface area contributed by atoms with Gasteiger partial charge in [0.1, 0.15) is 16.7 Å². The molecular weight excluding hydrogens is 673 g/mol. The highest BCUT2D eigenvalue weighted by Gasteiger charge is 2.24. The highest BCUT2D eigenvalue weighted by molar-refractivity contribution is 6.12. The number of fused-ring (bicyclic) bond motifs is 8. The zero-order valence-electron chi connectivity index (χ0n) is 30.3. The number of para-hydroxylation sites is 3. The first-order valence-corrected chi connectivity index (χ1v) is 19.0. The summed E-state index contributed by atoms with van der Waals surface area (Å²) in [4.78, 5) is 4.69. The molecule has 0 N–H and O–H groups in total. The van der Waals surface area contributed by atoms with Gasteiger partial charge in [-0.2, -0.15) is 0 Å². The van der Waals surface area contributed by atoms with Crippen molar-refractivity contribution in [1.82, 2.24) is 0 Å². The minimum Gasteiger partial charge on any atom is -0.456 e. The van der Waals surface area contributed by atoms with E-state index < -0.39 is 0 Å². The number of anilines is 6. The molecule has 11 rings (SSSR count). The zero-order chi connectivity index (χ0) is 36.5. The molecule has 0 fully saturated rings. The molecule has 8 aromatic carbocycles. The lowest BCUT2D eigenvalue weighted by atomic mass is 9.87. The van der Waals surface area contributed by atoms with Crippen molar-refractivity contribution in [3.8, 4) is 0 Å². The van der Waals surface area contributed by atoms with E-state index in [4.69, 9.17) is 8.83 Å². The van der Waals surface area contributed by atoms with Crippen molar-refractivity contribution < 1.29 is 8.83 Å². The van der Waals surface area contributed by atoms with E-state index >= 15 is 0 Å². The Hall–Kier alpha value is -7.04. The van der Waals surface area contributed by atoms with Crippen LogP contribution in [0, 0.1) is 0 Å². The van der Waals surface area contributed by atoms with E-state index in [1.807, 2.05) is 12.1 Å². The van der Waals surface area contributed by atoms with Gasteiger partial charge in [-0.05, 0) is 90.0 Å². The smallest absolute Gasteiger partial charge is 0.159 e. The largest absolute Gasteiger partial charge is 0.456 e. The molecule has 0 saturated carbocycles. The van der Waals surface area contributed by atoms with Crippen LogP contribution in [0.4, 0.5) is 34.1 Å². The fraction of sp³-hybridized carbons (Fsp3) is 0.0588. The summed E-state index contributed by atoms with van der Waals surface area (Å²) < 4.78 is 13.3. The van der Waals surface area contributed by atoms with Crippen LogP contribution in [0.2, 0.25) is 0 Å². The van der Waals surface area contributed by atoms with Crippen LogP contribution in [-0.2, 0) is 0 Å². The topological polar surface area (TPSA) is 32.8 Å². The molecule has 4 nitrogen and oxygen atoms in total. The number of rotatable bonds is 6. The third kappa shape index (κ3) is 5.06. The molecule has 1 aliphatic rings. The molecule has 262 valence electrons. The minimum atomic E-state index is 0.454. The van der Waals surface area contributed by atoms with Crippen molar-refractivity contribution in [2.45, 2.75) is 19.3 Å². The lowest BCUT2D eigenvalue weighted by Crippen LogP contribution is -2.14. The predicted molar refractivity (Wildman–Crippen MR) is 230 cm³/mol. The normalized spacial score (nSPS) is 13.9. The Kier molecular flexibility index (Phi) is 7.17. The van der Waals surface area contributed by atoms with E-state index in [0.717, 1.165) is 84.4 Å². The quantitative estimate of drug-likeness (QED) is 0.172. The SMILES string of the molecule is CC1CC=Cc2c1cccc2N(c1ccc2c(c1)oc1ccc(N(c3ccccc3)c3cccc4c3oc3ccccc34)cc12)c1cccc2ccccc12. The molecule has 0 aliphatic heterocycles. The molecule has 0 spiro atoms. The van der Waals surface area contributed by atoms with E-state index in [9.17, 15) is 0 Å². The molecule has 0 radical (unpaired) electrons. The molecule has 2 heterocycles. The number of nitrogens with zero attached hydrogens (tertiary/aromatic N) is 2. The molecular formula is C51H36N2O2. The number of hydrogen-bond donors (Lipinski definition) is 0. The summed E-state index contributed by atoms with van der Waals surface area (Å²) in [5.41, 5.74) is 12.5. The molecule has 1 aliphatic carbocycles. The van der Waals surface area contributed by atoms with E-state index in [1.54, 1.807) is 0 Å². The monoisotopic (exact) mass is 708 g/mol. The maximum absolute atomic E-state index is 6.71. The maximum Gasteiger partial charge on any atom is 0.159 e. The van der Waals surface area contributed by atoms with Crippen LogP contribution in [0.15, 0.2) is 185 Å². The van der Waals surface area contributed by atoms with E-state index in [1.165, 1.54) is 21.9 Å². The van der Waals surface area contributed by atoms with Crippen LogP contribution in [0.5, 0.6) is 0 Å². The standard InChI is InChI=1S/C51H36N2O2/c1-33-13-9-21-40-38(33)20-11-24-46(40)53(45-23-10-15-34-14-5-6-18-39(34)45)37-27-29-42-44-31-36(28-30-49(44)54-50(42)32-37)52(35-16-3-2-4-17-35)47-25-12-22-43-41-19-7-8-26-48(41)55-51(43)47/h2-12,14-33H,13H2,1H3. The van der Waals surface area contributed by atoms with Gasteiger partial charge >= 0.3 is 0 Å². The van der Waals surface area contributed by atoms with Crippen LogP contribution in [0.1, 0.15) is 30.4 Å². The van der Waals surface area contributed by atoms with Crippen LogP contribution in [0.25, 0.3) is 60.7 Å². The van der Waals surface area contributed by atoms with Gasteiger partial charge in [0.05, 0.1) is 17.1 Å². The molecule has 0 amide bonds. The second kappa shape index (κ2) is 12.5. The summed E-state index contributed by atoms with van der Waals surface area (Å²) in [6.07, 6.45) is 5.66. The lowest BCUT2D eigenvalue weighted by molar-refractivity contribution is 0.669. The van der Waals surface area contributed by atoms with Gasteiger partial charge in [0.15, 0.2) is 5.58 Å². The summed E-state index contributed by atoms with van der Waals surface area (Å²) >= 11 is 0. The van der Waals surface area contributed by atoms with Crippen molar-refractivity contribution in [3.63, 3.8) is 0 Å². The van der Waals surface area contributed by atoms with Gasteiger partial charge in [-0.1, -0.05) is 116 Å². The summed E-state index contributed by atoms with van der Waals surface area (Å²) in [6, 6.07) is 60.2. The molecule has 10 aromatic rings. The van der Waals surface area contributed by atoms with E-state index in [-0.39, 0.29) is 0 Å². The maximum atomic E-state index is 6.71. The van der Waals surface area contributed by atoms with Crippen LogP contribution in [0.3, 0.4) is 0 Å². The number of furan rings is 2. The number of benzene rings is 8. The van der Waals surface area contributed by atoms with Crippen molar-refractivity contribution >= 4 is 94.8 Å². The third-order valence-corrected chi connectivity index (χ3v) is 11.3. The first-order valence-electron chi connectivity index (χ1n) is 19.0. The molecule has 4 heteroatoms. The summed E-state index contributed by atoms with van der Waals surface area (Å²) in [5, 5.41) is 6.73. The van der Waals surface area contributed by atoms with Crippen LogP contribution >= 0.6 is 0 Å². The second-order valence-corrected chi connectivity index (χ2v) is 14.5. The summed E-state index contributed by atoms with van der Waals surface area (Å²) in [7, 11) is 0. The first-order chi connectivity index (χ1) is 27.2. The Morgan fingerprint density at radius 1 is 0.455 bits per heavy atom. The Morgan fingerprint density at radius 2 is 1.13 bits per heavy atom. The minimum absolute atomic E-state index is 0.454. The molecule has 55 heavy (non-hydrogen) atoms. The molecule has 1 atom stereocenters. The number of hydrogen-bond acceptors (Lipinski definition) is 4. The highest BCUT2D eigenvalue weighted by Crippen LogP contribution is 2.47. The van der Waals surface area contributed by atoms with Gasteiger partial charge in [-0.15, -0.1) is 0 Å². The second-order valence-electron chi connectivity index (χ2n) is 14.5. The van der Waals surface area contributed by atoms with Crippen molar-refractivity contribution in [3.05, 3.63) is 187 Å². The third-order valence-electron chi connectivity index (χ3n) is 11.3. The van der Waals surface area contributed by atoms with Gasteiger partial charge in [0.25, 0.3) is 0 Å². The van der Waals surface area contributed by atoms with E-state index in [2.05, 4.69) is 187 Å². The molecule has 2 aromatic heterocycles. The van der Waals surface area contributed by atoms with Gasteiger partial charge in [-0.3, -0.25) is 0 Å². The van der Waals surface area contributed by atoms with Crippen molar-refractivity contribution in [1.29, 1.82) is 0 Å². The highest BCUT2D eigenvalue weighted by atomic mass is 16.3. The zero-order valence-corrected chi connectivity index (χ0v) is 30.3. The average molecular weight is 709 g/mol. The Labute approximate surface area is 318 Å². The Morgan fingerprint density at radius 3 is 2.05 bits per heavy atom. The molecule has 0 bridgehead atoms. The molecule has 1 unspecified atom stereocenters. The Bertz CT molecular complexity index is 3110. The van der Waals surface area contributed by atoms with Gasteiger partial charge in [0, 0.05) is 55.6 Å². The average Bonchev–Trinajstić information content (AvgIpc) is 3.80. The number of allylic oxidation sites excluding steroid dienone is 1. The molecule has 0 saturated heterocycles. The van der Waals surface area contributed by atoms with Gasteiger partial charge in [-0.25, -0.2) is 0 Å². The predicted octanol–water partition coefficient (Wildman–Crippen LogP) is 15.1. The van der Waals surface area contributed by atoms with Gasteiger partial charge in [0.2, 0.25) is 0 Å². The summed E-state index contributed by atoms with van der Waals surface area (Å²) in [6.45, 7) is 2.32. The van der Waals surface area contributed by atoms with E-state index in [0.29, 0.717) is 5.92 Å². The fourth-order valence-electron chi connectivity index (χ4n) is 8.65. The van der Waals surface area contributed by atoms with Crippen LogP contribution in [-0.4, -0.2) is 0 Å². The van der Waals surface area contributed by atoms with Crippen LogP contribution < -0.4 is 9.80 Å². The van der Waals surface area contributed by atoms with Crippen molar-refractivity contribution in [2.75, 3.05) is 9.80 Å².